The van der Waals surface area contributed by atoms with Crippen LogP contribution >= 0.6 is 0 Å². The summed E-state index contributed by atoms with van der Waals surface area (Å²) in [7, 11) is 0. The maximum absolute atomic E-state index is 11.9. The second kappa shape index (κ2) is 9.88. The lowest BCUT2D eigenvalue weighted by Gasteiger charge is -2.30. The van der Waals surface area contributed by atoms with Crippen LogP contribution in [-0.2, 0) is 17.8 Å². The SMILES string of the molecule is C=CC(=O)N(CC)CC.Nc1ncnc2c1CCN(c1[nH]c(=O)cc3ccccc13)C2. The van der Waals surface area contributed by atoms with Crippen LogP contribution in [0.1, 0.15) is 25.1 Å². The second-order valence-electron chi connectivity index (χ2n) is 7.14. The van der Waals surface area contributed by atoms with E-state index in [2.05, 4.69) is 26.4 Å². The second-order valence-corrected chi connectivity index (χ2v) is 7.14. The van der Waals surface area contributed by atoms with Gasteiger partial charge in [0.1, 0.15) is 18.0 Å². The van der Waals surface area contributed by atoms with Gasteiger partial charge in [0, 0.05) is 36.7 Å². The molecular weight excluding hydrogens is 392 g/mol. The number of aromatic amines is 1. The van der Waals surface area contributed by atoms with Crippen LogP contribution in [0, 0.1) is 0 Å². The summed E-state index contributed by atoms with van der Waals surface area (Å²) in [6.07, 6.45) is 3.60. The molecule has 0 saturated heterocycles. The number of pyridine rings is 1. The van der Waals surface area contributed by atoms with Crippen molar-refractivity contribution < 1.29 is 4.79 Å². The van der Waals surface area contributed by atoms with Crippen LogP contribution in [0.25, 0.3) is 10.8 Å². The minimum atomic E-state index is -0.0956. The van der Waals surface area contributed by atoms with Crippen molar-refractivity contribution in [2.45, 2.75) is 26.8 Å². The van der Waals surface area contributed by atoms with Crippen molar-refractivity contribution >= 4 is 28.3 Å². The summed E-state index contributed by atoms with van der Waals surface area (Å²) < 4.78 is 0. The minimum Gasteiger partial charge on any atom is -0.383 e. The number of amides is 1. The zero-order valence-corrected chi connectivity index (χ0v) is 18.0. The Bertz CT molecular complexity index is 1140. The molecule has 31 heavy (non-hydrogen) atoms. The lowest BCUT2D eigenvalue weighted by Crippen LogP contribution is -2.33. The van der Waals surface area contributed by atoms with Gasteiger partial charge < -0.3 is 20.5 Å². The zero-order chi connectivity index (χ0) is 22.4. The van der Waals surface area contributed by atoms with Gasteiger partial charge >= 0.3 is 0 Å². The first-order valence-electron chi connectivity index (χ1n) is 10.3. The molecule has 0 radical (unpaired) electrons. The number of rotatable bonds is 4. The van der Waals surface area contributed by atoms with Gasteiger partial charge in [-0.05, 0) is 31.7 Å². The fourth-order valence-corrected chi connectivity index (χ4v) is 3.68. The molecule has 0 saturated carbocycles. The molecule has 2 aromatic heterocycles. The van der Waals surface area contributed by atoms with E-state index in [1.54, 1.807) is 11.0 Å². The Morgan fingerprint density at radius 3 is 2.71 bits per heavy atom. The molecule has 0 aliphatic carbocycles. The van der Waals surface area contributed by atoms with Gasteiger partial charge in [-0.25, -0.2) is 9.97 Å². The first kappa shape index (κ1) is 22.0. The molecule has 4 rings (SSSR count). The molecule has 0 unspecified atom stereocenters. The van der Waals surface area contributed by atoms with Gasteiger partial charge in [-0.3, -0.25) is 9.59 Å². The van der Waals surface area contributed by atoms with Crippen LogP contribution in [0.3, 0.4) is 0 Å². The quantitative estimate of drug-likeness (QED) is 0.628. The number of carbonyl (C=O) groups excluding carboxylic acids is 1. The van der Waals surface area contributed by atoms with E-state index in [1.165, 1.54) is 12.4 Å². The predicted molar refractivity (Wildman–Crippen MR) is 124 cm³/mol. The average molecular weight is 421 g/mol. The molecule has 1 aliphatic heterocycles. The van der Waals surface area contributed by atoms with E-state index in [0.29, 0.717) is 12.4 Å². The number of nitrogens with zero attached hydrogens (tertiary/aromatic N) is 4. The number of nitrogens with one attached hydrogen (secondary N) is 1. The average Bonchev–Trinajstić information content (AvgIpc) is 2.79. The molecule has 1 amide bonds. The summed E-state index contributed by atoms with van der Waals surface area (Å²) >= 11 is 0. The molecule has 3 N–H and O–H groups in total. The highest BCUT2D eigenvalue weighted by Crippen LogP contribution is 2.28. The van der Waals surface area contributed by atoms with Crippen molar-refractivity contribution in [2.24, 2.45) is 0 Å². The lowest BCUT2D eigenvalue weighted by atomic mass is 10.0. The van der Waals surface area contributed by atoms with Crippen molar-refractivity contribution in [3.8, 4) is 0 Å². The Hall–Kier alpha value is -3.68. The molecule has 3 heterocycles. The number of likely N-dealkylation sites (N-methyl/N-ethyl adjacent to an activating group) is 1. The van der Waals surface area contributed by atoms with Crippen molar-refractivity contribution in [2.75, 3.05) is 30.3 Å². The van der Waals surface area contributed by atoms with Crippen molar-refractivity contribution in [3.63, 3.8) is 0 Å². The molecule has 0 atom stereocenters. The number of hydrogen-bond acceptors (Lipinski definition) is 6. The van der Waals surface area contributed by atoms with E-state index in [9.17, 15) is 9.59 Å². The van der Waals surface area contributed by atoms with Gasteiger partial charge in [-0.15, -0.1) is 0 Å². The Labute approximate surface area is 181 Å². The van der Waals surface area contributed by atoms with E-state index in [4.69, 9.17) is 5.73 Å². The topological polar surface area (TPSA) is 108 Å². The maximum Gasteiger partial charge on any atom is 0.250 e. The van der Waals surface area contributed by atoms with Crippen LogP contribution in [0.5, 0.6) is 0 Å². The van der Waals surface area contributed by atoms with Gasteiger partial charge in [-0.2, -0.15) is 0 Å². The summed E-state index contributed by atoms with van der Waals surface area (Å²) in [5, 5.41) is 1.97. The summed E-state index contributed by atoms with van der Waals surface area (Å²) in [4.78, 5) is 37.9. The molecule has 0 spiro atoms. The highest BCUT2D eigenvalue weighted by Gasteiger charge is 2.22. The molecule has 162 valence electrons. The molecule has 1 aromatic carbocycles. The third-order valence-corrected chi connectivity index (χ3v) is 5.35. The van der Waals surface area contributed by atoms with Gasteiger partial charge in [0.15, 0.2) is 0 Å². The number of fused-ring (bicyclic) bond motifs is 2. The molecule has 1 aliphatic rings. The van der Waals surface area contributed by atoms with E-state index in [-0.39, 0.29) is 11.5 Å². The number of carbonyl (C=O) groups is 1. The smallest absolute Gasteiger partial charge is 0.250 e. The number of hydrogen-bond donors (Lipinski definition) is 2. The highest BCUT2D eigenvalue weighted by atomic mass is 16.2. The Morgan fingerprint density at radius 1 is 1.29 bits per heavy atom. The Morgan fingerprint density at radius 2 is 2.03 bits per heavy atom. The van der Waals surface area contributed by atoms with Crippen LogP contribution in [0.4, 0.5) is 11.6 Å². The Balaban J connectivity index is 0.000000259. The lowest BCUT2D eigenvalue weighted by molar-refractivity contribution is -0.125. The molecule has 3 aromatic rings. The van der Waals surface area contributed by atoms with Gasteiger partial charge in [0.25, 0.3) is 0 Å². The highest BCUT2D eigenvalue weighted by molar-refractivity contribution is 5.92. The number of anilines is 2. The fourth-order valence-electron chi connectivity index (χ4n) is 3.68. The third kappa shape index (κ3) is 4.91. The maximum atomic E-state index is 11.9. The molecular formula is C23H28N6O2. The van der Waals surface area contributed by atoms with E-state index in [1.807, 2.05) is 38.1 Å². The van der Waals surface area contributed by atoms with E-state index < -0.39 is 0 Å². The first-order valence-corrected chi connectivity index (χ1v) is 10.3. The fraction of sp³-hybridized carbons (Fsp3) is 0.304. The molecule has 8 nitrogen and oxygen atoms in total. The van der Waals surface area contributed by atoms with Crippen LogP contribution in [-0.4, -0.2) is 45.4 Å². The van der Waals surface area contributed by atoms with Crippen molar-refractivity contribution in [1.29, 1.82) is 0 Å². The van der Waals surface area contributed by atoms with Crippen LogP contribution < -0.4 is 16.2 Å². The van der Waals surface area contributed by atoms with Crippen molar-refractivity contribution in [1.82, 2.24) is 19.9 Å². The number of benzene rings is 1. The monoisotopic (exact) mass is 420 g/mol. The molecule has 8 heteroatoms. The molecule has 0 fully saturated rings. The zero-order valence-electron chi connectivity index (χ0n) is 18.0. The normalized spacial score (nSPS) is 12.5. The predicted octanol–water partition coefficient (Wildman–Crippen LogP) is 2.50. The van der Waals surface area contributed by atoms with Gasteiger partial charge in [-0.1, -0.05) is 30.8 Å². The number of H-pyrrole nitrogens is 1. The number of nitrogens with two attached hydrogens (primary N) is 1. The minimum absolute atomic E-state index is 0.0139. The number of aromatic nitrogens is 3. The number of nitrogen functional groups attached to an aromatic ring is 1. The summed E-state index contributed by atoms with van der Waals surface area (Å²) in [6.45, 7) is 10.2. The summed E-state index contributed by atoms with van der Waals surface area (Å²) in [6, 6.07) is 9.50. The van der Waals surface area contributed by atoms with E-state index in [0.717, 1.165) is 53.9 Å². The van der Waals surface area contributed by atoms with Gasteiger partial charge in [0.2, 0.25) is 11.5 Å². The summed E-state index contributed by atoms with van der Waals surface area (Å²) in [5.41, 5.74) is 7.76. The van der Waals surface area contributed by atoms with Gasteiger partial charge in [0.05, 0.1) is 12.2 Å². The largest absolute Gasteiger partial charge is 0.383 e. The first-order chi connectivity index (χ1) is 15.0. The Kier molecular flexibility index (Phi) is 7.02. The van der Waals surface area contributed by atoms with Crippen LogP contribution in [0.2, 0.25) is 0 Å². The third-order valence-electron chi connectivity index (χ3n) is 5.35. The van der Waals surface area contributed by atoms with E-state index >= 15 is 0 Å². The summed E-state index contributed by atoms with van der Waals surface area (Å²) in [5.74, 6) is 1.40. The standard InChI is InChI=1S/C16H15N5O.C7H13NO/c17-15-12-5-6-21(8-13(12)18-9-19-15)16-11-4-2-1-3-10(11)7-14(22)20-16;1-4-7(9)8(5-2)6-3/h1-4,7,9H,5-6,8H2,(H,20,22)(H2,17,18,19);4H,1,5-6H2,2-3H3. The van der Waals surface area contributed by atoms with Crippen LogP contribution in [0.15, 0.2) is 54.1 Å². The molecule has 0 bridgehead atoms. The van der Waals surface area contributed by atoms with Crippen molar-refractivity contribution in [3.05, 3.63) is 70.9 Å².